The Kier molecular flexibility index (Phi) is 5.26. The molecule has 0 aliphatic carbocycles. The van der Waals surface area contributed by atoms with Crippen LogP contribution in [0.25, 0.3) is 6.08 Å². The molecule has 3 amide bonds. The molecule has 0 unspecified atom stereocenters. The number of hydrogen-bond donors (Lipinski definition) is 1. The fourth-order valence-corrected chi connectivity index (χ4v) is 3.92. The first-order chi connectivity index (χ1) is 14.0. The van der Waals surface area contributed by atoms with E-state index >= 15 is 0 Å². The molecule has 148 valence electrons. The molecule has 0 aromatic heterocycles. The molecule has 1 saturated heterocycles. The van der Waals surface area contributed by atoms with Crippen LogP contribution in [0.1, 0.15) is 21.5 Å². The number of ether oxygens (including phenoxy) is 2. The van der Waals surface area contributed by atoms with Crippen molar-refractivity contribution in [3.63, 3.8) is 0 Å². The Morgan fingerprint density at radius 3 is 2.79 bits per heavy atom. The number of hydrogen-bond acceptors (Lipinski definition) is 6. The number of amides is 3. The molecule has 4 rings (SSSR count). The van der Waals surface area contributed by atoms with Gasteiger partial charge in [0.05, 0.1) is 4.91 Å². The van der Waals surface area contributed by atoms with Gasteiger partial charge in [-0.25, -0.2) is 0 Å². The minimum Gasteiger partial charge on any atom is -0.454 e. The maximum atomic E-state index is 12.6. The van der Waals surface area contributed by atoms with Gasteiger partial charge >= 0.3 is 0 Å². The van der Waals surface area contributed by atoms with Crippen LogP contribution in [-0.4, -0.2) is 41.8 Å². The standard InChI is InChI=1S/C21H18N2O5S/c1-13-4-2-3-5-15(13)19(24)22-8-9-23-20(25)18(29-21(23)26)11-14-6-7-16-17(10-14)28-12-27-16/h2-7,10-11H,8-9,12H2,1H3,(H,22,24)/b18-11+. The van der Waals surface area contributed by atoms with Crippen LogP contribution in [-0.2, 0) is 4.79 Å². The highest BCUT2D eigenvalue weighted by molar-refractivity contribution is 8.18. The largest absolute Gasteiger partial charge is 0.454 e. The number of fused-ring (bicyclic) bond motifs is 1. The fraction of sp³-hybridized carbons (Fsp3) is 0.190. The van der Waals surface area contributed by atoms with Crippen molar-refractivity contribution in [3.05, 3.63) is 64.1 Å². The average Bonchev–Trinajstić information content (AvgIpc) is 3.27. The Morgan fingerprint density at radius 2 is 1.97 bits per heavy atom. The molecule has 0 saturated carbocycles. The van der Waals surface area contributed by atoms with Crippen molar-refractivity contribution in [1.29, 1.82) is 0 Å². The third-order valence-corrected chi connectivity index (χ3v) is 5.49. The zero-order valence-corrected chi connectivity index (χ0v) is 16.5. The van der Waals surface area contributed by atoms with E-state index in [0.29, 0.717) is 22.0 Å². The van der Waals surface area contributed by atoms with Crippen LogP contribution in [0.3, 0.4) is 0 Å². The van der Waals surface area contributed by atoms with Gasteiger partial charge in [-0.05, 0) is 54.1 Å². The molecule has 8 heteroatoms. The highest BCUT2D eigenvalue weighted by Crippen LogP contribution is 2.36. The summed E-state index contributed by atoms with van der Waals surface area (Å²) in [5.41, 5.74) is 2.18. The molecule has 2 aromatic carbocycles. The van der Waals surface area contributed by atoms with E-state index in [-0.39, 0.29) is 36.9 Å². The van der Waals surface area contributed by atoms with Gasteiger partial charge in [-0.2, -0.15) is 0 Å². The summed E-state index contributed by atoms with van der Waals surface area (Å²) in [6.45, 7) is 2.32. The van der Waals surface area contributed by atoms with E-state index in [1.54, 1.807) is 36.4 Å². The fourth-order valence-electron chi connectivity index (χ4n) is 3.05. The molecule has 7 nitrogen and oxygen atoms in total. The van der Waals surface area contributed by atoms with Crippen LogP contribution >= 0.6 is 11.8 Å². The van der Waals surface area contributed by atoms with Gasteiger partial charge in [-0.1, -0.05) is 24.3 Å². The van der Waals surface area contributed by atoms with Crippen molar-refractivity contribution in [2.45, 2.75) is 6.92 Å². The van der Waals surface area contributed by atoms with Crippen LogP contribution in [0.2, 0.25) is 0 Å². The third kappa shape index (κ3) is 3.97. The van der Waals surface area contributed by atoms with Gasteiger partial charge in [0.1, 0.15) is 0 Å². The van der Waals surface area contributed by atoms with Gasteiger partial charge in [0.2, 0.25) is 6.79 Å². The Morgan fingerprint density at radius 1 is 1.17 bits per heavy atom. The summed E-state index contributed by atoms with van der Waals surface area (Å²) in [5.74, 6) is 0.658. The average molecular weight is 410 g/mol. The zero-order chi connectivity index (χ0) is 20.4. The molecule has 0 radical (unpaired) electrons. The van der Waals surface area contributed by atoms with Crippen LogP contribution in [0.5, 0.6) is 11.5 Å². The lowest BCUT2D eigenvalue weighted by atomic mass is 10.1. The maximum absolute atomic E-state index is 12.6. The molecule has 29 heavy (non-hydrogen) atoms. The summed E-state index contributed by atoms with van der Waals surface area (Å²) >= 11 is 0.881. The minimum absolute atomic E-state index is 0.112. The summed E-state index contributed by atoms with van der Waals surface area (Å²) in [6, 6.07) is 12.6. The molecule has 1 fully saturated rings. The highest BCUT2D eigenvalue weighted by Gasteiger charge is 2.34. The molecule has 2 aromatic rings. The number of thioether (sulfide) groups is 1. The van der Waals surface area contributed by atoms with Crippen molar-refractivity contribution in [2.24, 2.45) is 0 Å². The summed E-state index contributed by atoms with van der Waals surface area (Å²) in [5, 5.41) is 2.40. The topological polar surface area (TPSA) is 84.9 Å². The van der Waals surface area contributed by atoms with Crippen LogP contribution in [0.4, 0.5) is 4.79 Å². The van der Waals surface area contributed by atoms with Crippen molar-refractivity contribution in [1.82, 2.24) is 10.2 Å². The van der Waals surface area contributed by atoms with E-state index in [2.05, 4.69) is 5.32 Å². The summed E-state index contributed by atoms with van der Waals surface area (Å²) in [7, 11) is 0. The maximum Gasteiger partial charge on any atom is 0.293 e. The summed E-state index contributed by atoms with van der Waals surface area (Å²) in [6.07, 6.45) is 1.65. The smallest absolute Gasteiger partial charge is 0.293 e. The van der Waals surface area contributed by atoms with Crippen LogP contribution < -0.4 is 14.8 Å². The van der Waals surface area contributed by atoms with Gasteiger partial charge in [0.15, 0.2) is 11.5 Å². The molecule has 2 aliphatic rings. The second kappa shape index (κ2) is 8.00. The van der Waals surface area contributed by atoms with E-state index < -0.39 is 0 Å². The lowest BCUT2D eigenvalue weighted by Gasteiger charge is -2.13. The highest BCUT2D eigenvalue weighted by atomic mass is 32.2. The second-order valence-corrected chi connectivity index (χ2v) is 7.51. The van der Waals surface area contributed by atoms with Gasteiger partial charge in [-0.15, -0.1) is 0 Å². The van der Waals surface area contributed by atoms with E-state index in [4.69, 9.17) is 9.47 Å². The van der Waals surface area contributed by atoms with Crippen LogP contribution in [0, 0.1) is 6.92 Å². The number of rotatable bonds is 5. The minimum atomic E-state index is -0.372. The SMILES string of the molecule is Cc1ccccc1C(=O)NCCN1C(=O)S/C(=C/c2ccc3c(c2)OCO3)C1=O. The Bertz CT molecular complexity index is 1030. The van der Waals surface area contributed by atoms with Crippen molar-refractivity contribution in [2.75, 3.05) is 19.9 Å². The second-order valence-electron chi connectivity index (χ2n) is 6.52. The number of aryl methyl sites for hydroxylation is 1. The lowest BCUT2D eigenvalue weighted by molar-refractivity contribution is -0.122. The van der Waals surface area contributed by atoms with Gasteiger partial charge in [0, 0.05) is 18.7 Å². The molecule has 1 N–H and O–H groups in total. The predicted octanol–water partition coefficient (Wildman–Crippen LogP) is 3.19. The van der Waals surface area contributed by atoms with Crippen molar-refractivity contribution >= 4 is 34.9 Å². The molecular formula is C21H18N2O5S. The van der Waals surface area contributed by atoms with E-state index in [9.17, 15) is 14.4 Å². The summed E-state index contributed by atoms with van der Waals surface area (Å²) < 4.78 is 10.6. The molecule has 2 heterocycles. The third-order valence-electron chi connectivity index (χ3n) is 4.58. The summed E-state index contributed by atoms with van der Waals surface area (Å²) in [4.78, 5) is 38.6. The number of carbonyl (C=O) groups excluding carboxylic acids is 3. The number of nitrogens with zero attached hydrogens (tertiary/aromatic N) is 1. The Balaban J connectivity index is 1.38. The molecule has 0 spiro atoms. The van der Waals surface area contributed by atoms with E-state index in [0.717, 1.165) is 27.8 Å². The van der Waals surface area contributed by atoms with E-state index in [1.807, 2.05) is 19.1 Å². The first-order valence-corrected chi connectivity index (χ1v) is 9.83. The monoisotopic (exact) mass is 410 g/mol. The number of nitrogens with one attached hydrogen (secondary N) is 1. The number of imide groups is 1. The van der Waals surface area contributed by atoms with Crippen molar-refractivity contribution < 1.29 is 23.9 Å². The van der Waals surface area contributed by atoms with Crippen molar-refractivity contribution in [3.8, 4) is 11.5 Å². The van der Waals surface area contributed by atoms with Gasteiger partial charge in [-0.3, -0.25) is 19.3 Å². The number of benzene rings is 2. The molecule has 0 atom stereocenters. The van der Waals surface area contributed by atoms with Gasteiger partial charge < -0.3 is 14.8 Å². The first-order valence-electron chi connectivity index (χ1n) is 9.02. The Labute approximate surface area is 171 Å². The zero-order valence-electron chi connectivity index (χ0n) is 15.6. The lowest BCUT2D eigenvalue weighted by Crippen LogP contribution is -2.37. The quantitative estimate of drug-likeness (QED) is 0.762. The Hall–Kier alpha value is -3.26. The van der Waals surface area contributed by atoms with Crippen LogP contribution in [0.15, 0.2) is 47.4 Å². The van der Waals surface area contributed by atoms with Gasteiger partial charge in [0.25, 0.3) is 17.1 Å². The van der Waals surface area contributed by atoms with E-state index in [1.165, 1.54) is 0 Å². The normalized spacial score (nSPS) is 16.6. The molecule has 2 aliphatic heterocycles. The number of carbonyl (C=O) groups is 3. The molecule has 0 bridgehead atoms. The first kappa shape index (κ1) is 19.1. The molecular weight excluding hydrogens is 392 g/mol. The predicted molar refractivity (Wildman–Crippen MR) is 109 cm³/mol.